The van der Waals surface area contributed by atoms with Gasteiger partial charge in [0, 0.05) is 11.1 Å². The molecule has 0 heterocycles. The summed E-state index contributed by atoms with van der Waals surface area (Å²) in [6, 6.07) is 18.4. The van der Waals surface area contributed by atoms with Crippen LogP contribution in [0.2, 0.25) is 0 Å². The van der Waals surface area contributed by atoms with E-state index in [1.165, 1.54) is 102 Å². The lowest BCUT2D eigenvalue weighted by atomic mass is 9.54. The summed E-state index contributed by atoms with van der Waals surface area (Å²) in [5, 5.41) is 9.00. The molecule has 43 heavy (non-hydrogen) atoms. The maximum Gasteiger partial charge on any atom is 0.0684 e. The van der Waals surface area contributed by atoms with Crippen molar-refractivity contribution < 1.29 is 0 Å². The van der Waals surface area contributed by atoms with Crippen molar-refractivity contribution in [2.75, 3.05) is 7.05 Å². The van der Waals surface area contributed by atoms with E-state index in [0.717, 1.165) is 46.6 Å². The van der Waals surface area contributed by atoms with Gasteiger partial charge in [-0.1, -0.05) is 109 Å². The molecule has 4 bridgehead atoms. The lowest BCUT2D eigenvalue weighted by Gasteiger charge is -2.50. The van der Waals surface area contributed by atoms with Crippen LogP contribution in [0.15, 0.2) is 48.5 Å². The monoisotopic (exact) mass is 585 g/mol. The minimum absolute atomic E-state index is 0.369. The predicted octanol–water partition coefficient (Wildman–Crippen LogP) is 11.1. The van der Waals surface area contributed by atoms with E-state index in [1.807, 2.05) is 0 Å². The molecule has 4 saturated carbocycles. The second kappa shape index (κ2) is 14.9. The van der Waals surface area contributed by atoms with E-state index < -0.39 is 0 Å². The number of nitrogens with one attached hydrogen (secondary N) is 1. The van der Waals surface area contributed by atoms with Crippen molar-refractivity contribution in [3.63, 3.8) is 0 Å². The molecule has 0 radical (unpaired) electrons. The lowest BCUT2D eigenvalue weighted by molar-refractivity contribution is 0.0779. The van der Waals surface area contributed by atoms with Gasteiger partial charge in [-0.15, -0.1) is 0 Å². The molecular formula is C41H64N2. The summed E-state index contributed by atoms with van der Waals surface area (Å²) >= 11 is 0. The van der Waals surface area contributed by atoms with Crippen LogP contribution in [0.5, 0.6) is 0 Å². The Hall–Kier alpha value is -1.93. The van der Waals surface area contributed by atoms with Crippen molar-refractivity contribution in [2.45, 2.75) is 136 Å². The van der Waals surface area contributed by atoms with Crippen LogP contribution in [-0.2, 0) is 10.8 Å². The van der Waals surface area contributed by atoms with Gasteiger partial charge in [0.1, 0.15) is 0 Å². The summed E-state index contributed by atoms with van der Waals surface area (Å²) in [5.41, 5.74) is 11.1. The minimum Gasteiger partial charge on any atom is -0.333 e. The summed E-state index contributed by atoms with van der Waals surface area (Å²) in [4.78, 5) is 0. The maximum atomic E-state index is 9.00. The number of hydrogen-bond donors (Lipinski definition) is 2. The van der Waals surface area contributed by atoms with Crippen LogP contribution in [0.3, 0.4) is 0 Å². The zero-order chi connectivity index (χ0) is 31.2. The molecule has 4 atom stereocenters. The van der Waals surface area contributed by atoms with Crippen molar-refractivity contribution in [3.8, 4) is 0 Å². The van der Waals surface area contributed by atoms with Crippen LogP contribution in [0, 0.1) is 40.9 Å². The van der Waals surface area contributed by atoms with Crippen LogP contribution in [0.1, 0.15) is 147 Å². The average molecular weight is 585 g/mol. The Labute approximate surface area is 265 Å². The van der Waals surface area contributed by atoms with Gasteiger partial charge in [-0.05, 0) is 129 Å². The summed E-state index contributed by atoms with van der Waals surface area (Å²) in [5.74, 6) is 5.15. The molecule has 2 heteroatoms. The summed E-state index contributed by atoms with van der Waals surface area (Å²) in [6.07, 6.45) is 17.9. The van der Waals surface area contributed by atoms with Gasteiger partial charge in [0.05, 0.1) is 5.71 Å². The molecule has 0 aromatic heterocycles. The molecule has 4 aliphatic carbocycles. The first-order valence-electron chi connectivity index (χ1n) is 18.0. The molecule has 0 saturated heterocycles. The third-order valence-corrected chi connectivity index (χ3v) is 11.5. The molecule has 0 spiro atoms. The molecule has 238 valence electrons. The van der Waals surface area contributed by atoms with Gasteiger partial charge in [0.2, 0.25) is 0 Å². The Kier molecular flexibility index (Phi) is 11.8. The molecule has 4 unspecified atom stereocenters. The van der Waals surface area contributed by atoms with Gasteiger partial charge >= 0.3 is 0 Å². The number of fused-ring (bicyclic) bond motifs is 4. The Morgan fingerprint density at radius 1 is 0.581 bits per heavy atom. The Morgan fingerprint density at radius 3 is 1.14 bits per heavy atom. The van der Waals surface area contributed by atoms with Crippen molar-refractivity contribution >= 4 is 5.71 Å². The summed E-state index contributed by atoms with van der Waals surface area (Å²) < 4.78 is 0. The Bertz CT molecular complexity index is 1020. The van der Waals surface area contributed by atoms with E-state index in [4.69, 9.17) is 5.41 Å². The smallest absolute Gasteiger partial charge is 0.0684 e. The summed E-state index contributed by atoms with van der Waals surface area (Å²) in [6.45, 7) is 14.3. The standard InChI is InChI=1S/C35H47N.C5H12.CH5N/c1-23-13-27-14-24(2)18-34(17-23,21-27)31-9-5-29(6-10-31)33(36)30-7-11-32(12-8-30)35-19-25(3)15-28(22-35)16-26(4)20-35;1-3-5-4-2;1-2/h5-12,23-28,36H,13-22H2,1-4H3;3-5H2,1-2H3;2H2,1H3. The van der Waals surface area contributed by atoms with E-state index >= 15 is 0 Å². The second-order valence-corrected chi connectivity index (χ2v) is 15.8. The number of hydrogen-bond acceptors (Lipinski definition) is 2. The van der Waals surface area contributed by atoms with Crippen molar-refractivity contribution in [2.24, 2.45) is 41.2 Å². The van der Waals surface area contributed by atoms with Crippen LogP contribution in [-0.4, -0.2) is 12.8 Å². The highest BCUT2D eigenvalue weighted by molar-refractivity contribution is 6.10. The molecule has 2 nitrogen and oxygen atoms in total. The number of unbranched alkanes of at least 4 members (excludes halogenated alkanes) is 2. The fourth-order valence-corrected chi connectivity index (χ4v) is 10.6. The first-order chi connectivity index (χ1) is 20.6. The average Bonchev–Trinajstić information content (AvgIpc) is 2.97. The van der Waals surface area contributed by atoms with E-state index in [2.05, 4.69) is 95.8 Å². The first kappa shape index (κ1) is 34.0. The number of nitrogens with two attached hydrogens (primary N) is 1. The number of benzene rings is 2. The highest BCUT2D eigenvalue weighted by atomic mass is 14.5. The van der Waals surface area contributed by atoms with Crippen LogP contribution in [0.25, 0.3) is 0 Å². The van der Waals surface area contributed by atoms with Crippen LogP contribution in [0.4, 0.5) is 0 Å². The Morgan fingerprint density at radius 2 is 0.884 bits per heavy atom. The zero-order valence-corrected chi connectivity index (χ0v) is 28.9. The van der Waals surface area contributed by atoms with Gasteiger partial charge < -0.3 is 5.73 Å². The van der Waals surface area contributed by atoms with E-state index in [0.29, 0.717) is 16.5 Å². The fraction of sp³-hybridized carbons (Fsp3) is 0.683. The quantitative estimate of drug-likeness (QED) is 0.326. The summed E-state index contributed by atoms with van der Waals surface area (Å²) in [7, 11) is 1.50. The molecule has 4 aliphatic rings. The Balaban J connectivity index is 0.000000551. The molecule has 0 amide bonds. The number of rotatable bonds is 6. The molecular weight excluding hydrogens is 520 g/mol. The largest absolute Gasteiger partial charge is 0.333 e. The highest BCUT2D eigenvalue weighted by Crippen LogP contribution is 2.55. The third kappa shape index (κ3) is 7.84. The normalized spacial score (nSPS) is 34.6. The van der Waals surface area contributed by atoms with Crippen molar-refractivity contribution in [3.05, 3.63) is 70.8 Å². The van der Waals surface area contributed by atoms with E-state index in [9.17, 15) is 0 Å². The second-order valence-electron chi connectivity index (χ2n) is 15.8. The molecule has 6 rings (SSSR count). The molecule has 2 aromatic rings. The molecule has 0 aliphatic heterocycles. The van der Waals surface area contributed by atoms with Gasteiger partial charge in [0.25, 0.3) is 0 Å². The molecule has 4 fully saturated rings. The van der Waals surface area contributed by atoms with Crippen LogP contribution < -0.4 is 5.73 Å². The minimum atomic E-state index is 0.369. The van der Waals surface area contributed by atoms with Crippen molar-refractivity contribution in [1.29, 1.82) is 5.41 Å². The predicted molar refractivity (Wildman–Crippen MR) is 187 cm³/mol. The van der Waals surface area contributed by atoms with Gasteiger partial charge in [-0.3, -0.25) is 5.41 Å². The highest BCUT2D eigenvalue weighted by Gasteiger charge is 2.46. The van der Waals surface area contributed by atoms with E-state index in [1.54, 1.807) is 0 Å². The molecule has 3 N–H and O–H groups in total. The lowest BCUT2D eigenvalue weighted by Crippen LogP contribution is -2.42. The van der Waals surface area contributed by atoms with E-state index in [-0.39, 0.29) is 0 Å². The van der Waals surface area contributed by atoms with Crippen LogP contribution >= 0.6 is 0 Å². The third-order valence-electron chi connectivity index (χ3n) is 11.5. The maximum absolute atomic E-state index is 9.00. The van der Waals surface area contributed by atoms with Gasteiger partial charge in [0.15, 0.2) is 0 Å². The fourth-order valence-electron chi connectivity index (χ4n) is 10.6. The molecule has 2 aromatic carbocycles. The van der Waals surface area contributed by atoms with Gasteiger partial charge in [-0.25, -0.2) is 0 Å². The first-order valence-corrected chi connectivity index (χ1v) is 18.0. The SMILES string of the molecule is CC1CC2CC(C)CC(c3ccc(C(=N)c4ccc(C56CC(C)CC(CC(C)C5)C6)cc4)cc3)(C1)C2.CCCCC.CN. The van der Waals surface area contributed by atoms with Gasteiger partial charge in [-0.2, -0.15) is 0 Å². The zero-order valence-electron chi connectivity index (χ0n) is 28.9. The van der Waals surface area contributed by atoms with Crippen molar-refractivity contribution in [1.82, 2.24) is 0 Å². The topological polar surface area (TPSA) is 49.9 Å².